The largest absolute Gasteiger partial charge is 0.384 e. The van der Waals surface area contributed by atoms with E-state index in [-0.39, 0.29) is 17.0 Å². The van der Waals surface area contributed by atoms with Crippen LogP contribution in [0.2, 0.25) is 0 Å². The summed E-state index contributed by atoms with van der Waals surface area (Å²) in [4.78, 5) is 0.223. The molecule has 0 aromatic heterocycles. The molecule has 0 saturated heterocycles. The summed E-state index contributed by atoms with van der Waals surface area (Å²) >= 11 is 0. The molecule has 1 fully saturated rings. The molecule has 1 N–H and O–H groups in total. The summed E-state index contributed by atoms with van der Waals surface area (Å²) in [7, 11) is -3.73. The first-order chi connectivity index (χ1) is 12.0. The van der Waals surface area contributed by atoms with Crippen molar-refractivity contribution < 1.29 is 12.6 Å². The number of rotatable bonds is 3. The zero-order valence-corrected chi connectivity index (χ0v) is 14.9. The van der Waals surface area contributed by atoms with Crippen LogP contribution in [0.5, 0.6) is 0 Å². The van der Waals surface area contributed by atoms with Gasteiger partial charge in [0.15, 0.2) is 0 Å². The lowest BCUT2D eigenvalue weighted by atomic mass is 9.85. The third kappa shape index (κ3) is 3.22. The van der Waals surface area contributed by atoms with Gasteiger partial charge in [0.1, 0.15) is 0 Å². The molecule has 4 nitrogen and oxygen atoms in total. The van der Waals surface area contributed by atoms with Gasteiger partial charge in [-0.15, -0.1) is 0 Å². The second-order valence-electron chi connectivity index (χ2n) is 6.74. The molecule has 25 heavy (non-hydrogen) atoms. The summed E-state index contributed by atoms with van der Waals surface area (Å²) in [5.74, 6) is 0. The van der Waals surface area contributed by atoms with Gasteiger partial charge in [0.25, 0.3) is 10.1 Å². The van der Waals surface area contributed by atoms with Gasteiger partial charge in [-0.1, -0.05) is 42.0 Å². The Kier molecular flexibility index (Phi) is 4.13. The minimum absolute atomic E-state index is 0.223. The van der Waals surface area contributed by atoms with E-state index in [0.29, 0.717) is 6.42 Å². The molecule has 0 amide bonds. The lowest BCUT2D eigenvalue weighted by Crippen LogP contribution is -2.46. The van der Waals surface area contributed by atoms with Crippen LogP contribution >= 0.6 is 0 Å². The normalized spacial score (nSPS) is 22.4. The summed E-state index contributed by atoms with van der Waals surface area (Å²) < 4.78 is 30.7. The van der Waals surface area contributed by atoms with Crippen molar-refractivity contribution in [2.24, 2.45) is 0 Å². The van der Waals surface area contributed by atoms with Crippen molar-refractivity contribution in [3.8, 4) is 0 Å². The maximum atomic E-state index is 12.6. The number of aryl methyl sites for hydroxylation is 1. The lowest BCUT2D eigenvalue weighted by Gasteiger charge is -2.33. The molecule has 2 unspecified atom stereocenters. The van der Waals surface area contributed by atoms with Gasteiger partial charge in [0, 0.05) is 12.2 Å². The predicted octanol–water partition coefficient (Wildman–Crippen LogP) is 1.81. The highest BCUT2D eigenvalue weighted by atomic mass is 32.2. The average Bonchev–Trinajstić information content (AvgIpc) is 2.61. The van der Waals surface area contributed by atoms with E-state index in [1.165, 1.54) is 10.8 Å². The molecule has 0 spiro atoms. The fraction of sp³-hybridized carbons (Fsp3) is 0.300. The van der Waals surface area contributed by atoms with Crippen LogP contribution in [0.3, 0.4) is 0 Å². The first-order valence-electron chi connectivity index (χ1n) is 8.57. The predicted molar refractivity (Wildman–Crippen MR) is 97.6 cm³/mol. The van der Waals surface area contributed by atoms with Crippen molar-refractivity contribution in [3.63, 3.8) is 0 Å². The Morgan fingerprint density at radius 3 is 2.60 bits per heavy atom. The molecule has 2 atom stereocenters. The van der Waals surface area contributed by atoms with Gasteiger partial charge in [-0.05, 0) is 54.3 Å². The first kappa shape index (κ1) is 16.4. The van der Waals surface area contributed by atoms with Gasteiger partial charge in [0.2, 0.25) is 0 Å². The van der Waals surface area contributed by atoms with Crippen LogP contribution in [0.25, 0.3) is 11.8 Å². The third-order valence-corrected chi connectivity index (χ3v) is 6.34. The van der Waals surface area contributed by atoms with Crippen LogP contribution in [-0.4, -0.2) is 20.6 Å². The SMILES string of the molecule is Cc1ccc(S(=O)(=O)OC2CCC3NC=c4ccccc4=C3C2)cc1. The second kappa shape index (κ2) is 6.32. The minimum Gasteiger partial charge on any atom is -0.384 e. The van der Waals surface area contributed by atoms with E-state index in [9.17, 15) is 8.42 Å². The maximum Gasteiger partial charge on any atom is 0.297 e. The van der Waals surface area contributed by atoms with Crippen molar-refractivity contribution in [1.82, 2.24) is 5.32 Å². The van der Waals surface area contributed by atoms with Gasteiger partial charge >= 0.3 is 0 Å². The molecule has 1 aliphatic heterocycles. The van der Waals surface area contributed by atoms with E-state index in [2.05, 4.69) is 17.4 Å². The molecule has 1 saturated carbocycles. The second-order valence-corrected chi connectivity index (χ2v) is 8.32. The fourth-order valence-corrected chi connectivity index (χ4v) is 4.73. The van der Waals surface area contributed by atoms with E-state index in [4.69, 9.17) is 4.18 Å². The van der Waals surface area contributed by atoms with Crippen LogP contribution in [-0.2, 0) is 14.3 Å². The average molecular weight is 355 g/mol. The topological polar surface area (TPSA) is 55.4 Å². The quantitative estimate of drug-likeness (QED) is 0.854. The molecule has 4 rings (SSSR count). The fourth-order valence-electron chi connectivity index (χ4n) is 3.63. The molecule has 0 radical (unpaired) electrons. The molecule has 2 aromatic carbocycles. The van der Waals surface area contributed by atoms with E-state index in [1.54, 1.807) is 24.3 Å². The molecule has 130 valence electrons. The summed E-state index contributed by atoms with van der Waals surface area (Å²) in [6.45, 7) is 1.93. The van der Waals surface area contributed by atoms with Crippen molar-refractivity contribution in [3.05, 3.63) is 64.5 Å². The molecular weight excluding hydrogens is 334 g/mol. The summed E-state index contributed by atoms with van der Waals surface area (Å²) in [5.41, 5.74) is 2.27. The van der Waals surface area contributed by atoms with Gasteiger partial charge in [-0.3, -0.25) is 4.18 Å². The highest BCUT2D eigenvalue weighted by molar-refractivity contribution is 7.86. The summed E-state index contributed by atoms with van der Waals surface area (Å²) in [6.07, 6.45) is 3.96. The Morgan fingerprint density at radius 2 is 1.80 bits per heavy atom. The van der Waals surface area contributed by atoms with Gasteiger partial charge in [0.05, 0.1) is 11.0 Å². The van der Waals surface area contributed by atoms with Gasteiger partial charge in [-0.25, -0.2) is 0 Å². The molecule has 2 aromatic rings. The maximum absolute atomic E-state index is 12.6. The van der Waals surface area contributed by atoms with Crippen LogP contribution < -0.4 is 15.8 Å². The molecule has 0 bridgehead atoms. The van der Waals surface area contributed by atoms with Crippen molar-refractivity contribution >= 4 is 21.9 Å². The zero-order chi connectivity index (χ0) is 17.4. The molecular formula is C20H21NO3S. The number of hydrogen-bond acceptors (Lipinski definition) is 4. The molecule has 5 heteroatoms. The number of benzene rings is 2. The standard InChI is InChI=1S/C20H21NO3S/c1-14-6-9-17(10-7-14)25(22,23)24-16-8-11-20-19(12-16)18-5-3-2-4-15(18)13-21-20/h2-7,9-10,13,16,20-21H,8,11-12H2,1H3. The van der Waals surface area contributed by atoms with Gasteiger partial charge in [-0.2, -0.15) is 8.42 Å². The Labute approximate surface area is 148 Å². The monoisotopic (exact) mass is 355 g/mol. The van der Waals surface area contributed by atoms with E-state index in [0.717, 1.165) is 23.6 Å². The van der Waals surface area contributed by atoms with Crippen molar-refractivity contribution in [2.45, 2.75) is 43.2 Å². The van der Waals surface area contributed by atoms with Crippen LogP contribution in [0.15, 0.2) is 53.4 Å². The lowest BCUT2D eigenvalue weighted by molar-refractivity contribution is 0.185. The minimum atomic E-state index is -3.73. The highest BCUT2D eigenvalue weighted by Crippen LogP contribution is 2.29. The summed E-state index contributed by atoms with van der Waals surface area (Å²) in [5, 5.41) is 5.78. The molecule has 1 aliphatic carbocycles. The van der Waals surface area contributed by atoms with Gasteiger partial charge < -0.3 is 5.32 Å². The number of hydrogen-bond donors (Lipinski definition) is 1. The Balaban J connectivity index is 1.62. The number of fused-ring (bicyclic) bond motifs is 2. The molecule has 2 aliphatic rings. The van der Waals surface area contributed by atoms with Crippen LogP contribution in [0.1, 0.15) is 24.8 Å². The Morgan fingerprint density at radius 1 is 1.04 bits per heavy atom. The van der Waals surface area contributed by atoms with E-state index in [1.807, 2.05) is 25.3 Å². The Hall–Kier alpha value is -2.11. The van der Waals surface area contributed by atoms with E-state index < -0.39 is 10.1 Å². The van der Waals surface area contributed by atoms with Crippen molar-refractivity contribution in [2.75, 3.05) is 0 Å². The number of nitrogens with one attached hydrogen (secondary N) is 1. The van der Waals surface area contributed by atoms with E-state index >= 15 is 0 Å². The first-order valence-corrected chi connectivity index (χ1v) is 9.98. The zero-order valence-electron chi connectivity index (χ0n) is 14.1. The van der Waals surface area contributed by atoms with Crippen molar-refractivity contribution in [1.29, 1.82) is 0 Å². The van der Waals surface area contributed by atoms with Crippen LogP contribution in [0, 0.1) is 6.92 Å². The van der Waals surface area contributed by atoms with Crippen LogP contribution in [0.4, 0.5) is 0 Å². The molecule has 1 heterocycles. The summed E-state index contributed by atoms with van der Waals surface area (Å²) in [6, 6.07) is 15.3. The third-order valence-electron chi connectivity index (χ3n) is 4.96. The Bertz CT molecular complexity index is 1010. The smallest absolute Gasteiger partial charge is 0.297 e. The highest BCUT2D eigenvalue weighted by Gasteiger charge is 2.31.